The molecule has 4 nitrogen and oxygen atoms in total. The van der Waals surface area contributed by atoms with Crippen molar-refractivity contribution in [2.45, 2.75) is 19.9 Å². The first-order valence-electron chi connectivity index (χ1n) is 5.55. The fourth-order valence-electron chi connectivity index (χ4n) is 1.51. The minimum atomic E-state index is 0.832. The maximum atomic E-state index is 4.42. The predicted molar refractivity (Wildman–Crippen MR) is 70.9 cm³/mol. The van der Waals surface area contributed by atoms with Gasteiger partial charge < -0.3 is 5.32 Å². The van der Waals surface area contributed by atoms with Crippen molar-refractivity contribution in [1.82, 2.24) is 20.1 Å². The summed E-state index contributed by atoms with van der Waals surface area (Å²) in [6, 6.07) is 0. The largest absolute Gasteiger partial charge is 0.312 e. The van der Waals surface area contributed by atoms with Crippen LogP contribution in [0.25, 0.3) is 6.20 Å². The summed E-state index contributed by atoms with van der Waals surface area (Å²) >= 11 is 1.72. The van der Waals surface area contributed by atoms with Gasteiger partial charge >= 0.3 is 0 Å². The lowest BCUT2D eigenvalue weighted by molar-refractivity contribution is 0.684. The third-order valence-corrected chi connectivity index (χ3v) is 3.38. The van der Waals surface area contributed by atoms with E-state index in [2.05, 4.69) is 27.4 Å². The Bertz CT molecular complexity index is 486. The monoisotopic (exact) mass is 248 g/mol. The predicted octanol–water partition coefficient (Wildman–Crippen LogP) is 2.08. The van der Waals surface area contributed by atoms with Crippen LogP contribution in [-0.4, -0.2) is 21.3 Å². The molecule has 17 heavy (non-hydrogen) atoms. The van der Waals surface area contributed by atoms with Crippen LogP contribution in [0.15, 0.2) is 24.4 Å². The molecule has 0 radical (unpaired) electrons. The van der Waals surface area contributed by atoms with Gasteiger partial charge in [0.05, 0.1) is 11.2 Å². The summed E-state index contributed by atoms with van der Waals surface area (Å²) in [5, 5.41) is 10.8. The molecule has 0 saturated carbocycles. The quantitative estimate of drug-likeness (QED) is 0.796. The summed E-state index contributed by atoms with van der Waals surface area (Å²) in [5.74, 6) is 0. The maximum absolute atomic E-state index is 4.42. The maximum Gasteiger partial charge on any atom is 0.0940 e. The summed E-state index contributed by atoms with van der Waals surface area (Å²) in [6.45, 7) is 7.45. The lowest BCUT2D eigenvalue weighted by atomic mass is 10.3. The van der Waals surface area contributed by atoms with Crippen LogP contribution in [0.1, 0.15) is 16.3 Å². The zero-order valence-corrected chi connectivity index (χ0v) is 10.7. The third-order valence-electron chi connectivity index (χ3n) is 2.35. The first kappa shape index (κ1) is 12.0. The molecular formula is C12H16N4S. The summed E-state index contributed by atoms with van der Waals surface area (Å²) in [4.78, 5) is 4.42. The van der Waals surface area contributed by atoms with Crippen molar-refractivity contribution < 1.29 is 0 Å². The van der Waals surface area contributed by atoms with Crippen molar-refractivity contribution in [1.29, 1.82) is 0 Å². The molecule has 0 aliphatic heterocycles. The fraction of sp³-hybridized carbons (Fsp3) is 0.333. The van der Waals surface area contributed by atoms with Crippen molar-refractivity contribution in [3.63, 3.8) is 0 Å². The van der Waals surface area contributed by atoms with Gasteiger partial charge in [0.1, 0.15) is 0 Å². The molecule has 0 atom stereocenters. The van der Waals surface area contributed by atoms with Crippen LogP contribution >= 0.6 is 11.3 Å². The van der Waals surface area contributed by atoms with Crippen molar-refractivity contribution in [3.05, 3.63) is 40.6 Å². The van der Waals surface area contributed by atoms with Crippen molar-refractivity contribution in [2.24, 2.45) is 0 Å². The Labute approximate surface area is 105 Å². The van der Waals surface area contributed by atoms with E-state index in [4.69, 9.17) is 0 Å². The van der Waals surface area contributed by atoms with E-state index in [-0.39, 0.29) is 0 Å². The smallest absolute Gasteiger partial charge is 0.0940 e. The number of hydrogen-bond donors (Lipinski definition) is 1. The Morgan fingerprint density at radius 3 is 3.12 bits per heavy atom. The van der Waals surface area contributed by atoms with E-state index in [1.165, 1.54) is 10.6 Å². The molecule has 0 saturated heterocycles. The lowest BCUT2D eigenvalue weighted by Gasteiger charge is -2.00. The third kappa shape index (κ3) is 3.51. The average molecular weight is 248 g/mol. The zero-order valence-electron chi connectivity index (χ0n) is 9.89. The molecule has 2 aromatic heterocycles. The van der Waals surface area contributed by atoms with Gasteiger partial charge in [-0.15, -0.1) is 11.3 Å². The Morgan fingerprint density at radius 2 is 2.47 bits per heavy atom. The molecule has 90 valence electrons. The second-order valence-electron chi connectivity index (χ2n) is 3.82. The highest BCUT2D eigenvalue weighted by Gasteiger charge is 1.99. The molecule has 0 aliphatic carbocycles. The second kappa shape index (κ2) is 5.75. The van der Waals surface area contributed by atoms with Crippen LogP contribution in [0.2, 0.25) is 0 Å². The molecule has 2 aromatic rings. The number of thiazole rings is 1. The van der Waals surface area contributed by atoms with Crippen molar-refractivity contribution in [2.75, 3.05) is 6.54 Å². The van der Waals surface area contributed by atoms with Crippen LogP contribution in [-0.2, 0) is 13.0 Å². The summed E-state index contributed by atoms with van der Waals surface area (Å²) in [7, 11) is 0. The van der Waals surface area contributed by atoms with Gasteiger partial charge in [-0.1, -0.05) is 6.58 Å². The van der Waals surface area contributed by atoms with Gasteiger partial charge in [0.15, 0.2) is 0 Å². The van der Waals surface area contributed by atoms with Gasteiger partial charge in [-0.05, 0) is 6.92 Å². The van der Waals surface area contributed by atoms with Gasteiger partial charge in [-0.2, -0.15) is 5.10 Å². The Kier molecular flexibility index (Phi) is 4.06. The standard InChI is InChI=1S/C12H16N4S/c1-3-16-8-11(7-14-16)6-13-5-4-12-15-10(2)9-17-12/h3,7-9,13H,1,4-6H2,2H3. The highest BCUT2D eigenvalue weighted by molar-refractivity contribution is 7.09. The number of aryl methyl sites for hydroxylation is 1. The van der Waals surface area contributed by atoms with Crippen molar-refractivity contribution >= 4 is 17.5 Å². The molecule has 0 unspecified atom stereocenters. The highest BCUT2D eigenvalue weighted by Crippen LogP contribution is 2.08. The van der Waals surface area contributed by atoms with E-state index in [1.54, 1.807) is 22.2 Å². The number of nitrogens with one attached hydrogen (secondary N) is 1. The molecule has 1 N–H and O–H groups in total. The fourth-order valence-corrected chi connectivity index (χ4v) is 2.29. The molecule has 2 rings (SSSR count). The van der Waals surface area contributed by atoms with E-state index < -0.39 is 0 Å². The van der Waals surface area contributed by atoms with Gasteiger partial charge in [0, 0.05) is 48.5 Å². The highest BCUT2D eigenvalue weighted by atomic mass is 32.1. The number of aromatic nitrogens is 3. The zero-order chi connectivity index (χ0) is 12.1. The second-order valence-corrected chi connectivity index (χ2v) is 4.76. The molecule has 0 aromatic carbocycles. The molecule has 0 bridgehead atoms. The van der Waals surface area contributed by atoms with Crippen LogP contribution in [0.5, 0.6) is 0 Å². The molecule has 0 amide bonds. The summed E-state index contributed by atoms with van der Waals surface area (Å²) in [6.07, 6.45) is 6.48. The molecule has 0 fully saturated rings. The number of nitrogens with zero attached hydrogens (tertiary/aromatic N) is 3. The van der Waals surface area contributed by atoms with Crippen LogP contribution in [0.4, 0.5) is 0 Å². The summed E-state index contributed by atoms with van der Waals surface area (Å²) in [5.41, 5.74) is 2.28. The average Bonchev–Trinajstić information content (AvgIpc) is 2.93. The van der Waals surface area contributed by atoms with E-state index in [0.29, 0.717) is 0 Å². The molecule has 2 heterocycles. The molecular weight excluding hydrogens is 232 g/mol. The van der Waals surface area contributed by atoms with Crippen LogP contribution < -0.4 is 5.32 Å². The summed E-state index contributed by atoms with van der Waals surface area (Å²) < 4.78 is 1.71. The normalized spacial score (nSPS) is 10.6. The Balaban J connectivity index is 1.71. The minimum absolute atomic E-state index is 0.832. The SMILES string of the molecule is C=Cn1cc(CNCCc2nc(C)cs2)cn1. The van der Waals surface area contributed by atoms with Crippen LogP contribution in [0, 0.1) is 6.92 Å². The van der Waals surface area contributed by atoms with Gasteiger partial charge in [-0.25, -0.2) is 9.67 Å². The first-order chi connectivity index (χ1) is 8.28. The van der Waals surface area contributed by atoms with Crippen LogP contribution in [0.3, 0.4) is 0 Å². The number of rotatable bonds is 6. The molecule has 0 aliphatic rings. The first-order valence-corrected chi connectivity index (χ1v) is 6.43. The minimum Gasteiger partial charge on any atom is -0.312 e. The van der Waals surface area contributed by atoms with Gasteiger partial charge in [0.25, 0.3) is 0 Å². The topological polar surface area (TPSA) is 42.7 Å². The Morgan fingerprint density at radius 1 is 1.59 bits per heavy atom. The van der Waals surface area contributed by atoms with E-state index in [1.807, 2.05) is 19.3 Å². The van der Waals surface area contributed by atoms with Gasteiger partial charge in [-0.3, -0.25) is 0 Å². The molecule has 5 heteroatoms. The lowest BCUT2D eigenvalue weighted by Crippen LogP contribution is -2.16. The number of hydrogen-bond acceptors (Lipinski definition) is 4. The van der Waals surface area contributed by atoms with E-state index in [9.17, 15) is 0 Å². The van der Waals surface area contributed by atoms with E-state index in [0.717, 1.165) is 25.2 Å². The van der Waals surface area contributed by atoms with E-state index >= 15 is 0 Å². The van der Waals surface area contributed by atoms with Crippen molar-refractivity contribution in [3.8, 4) is 0 Å². The molecule has 0 spiro atoms. The van der Waals surface area contributed by atoms with Gasteiger partial charge in [0.2, 0.25) is 0 Å². The Hall–Kier alpha value is -1.46.